The molecule has 0 bridgehead atoms. The summed E-state index contributed by atoms with van der Waals surface area (Å²) < 4.78 is 4.68. The number of benzene rings is 1. The molecule has 0 spiro atoms. The van der Waals surface area contributed by atoms with Crippen molar-refractivity contribution in [3.8, 4) is 0 Å². The predicted molar refractivity (Wildman–Crippen MR) is 60.4 cm³/mol. The molecule has 0 aliphatic heterocycles. The van der Waals surface area contributed by atoms with Crippen LogP contribution >= 0.6 is 0 Å². The van der Waals surface area contributed by atoms with Gasteiger partial charge in [0.05, 0.1) is 11.1 Å². The molecule has 0 aromatic heterocycles. The molecule has 1 rings (SSSR count). The predicted octanol–water partition coefficient (Wildman–Crippen LogP) is 1.31. The summed E-state index contributed by atoms with van der Waals surface area (Å²) in [6.07, 6.45) is 0.907. The zero-order valence-electron chi connectivity index (χ0n) is 9.25. The van der Waals surface area contributed by atoms with Crippen LogP contribution < -0.4 is 0 Å². The van der Waals surface area contributed by atoms with Gasteiger partial charge in [-0.05, 0) is 12.1 Å². The van der Waals surface area contributed by atoms with E-state index in [-0.39, 0.29) is 16.7 Å². The van der Waals surface area contributed by atoms with E-state index in [9.17, 15) is 14.4 Å². The molecule has 18 heavy (non-hydrogen) atoms. The molecular formula is C12H10O6. The molecule has 0 aliphatic carbocycles. The largest absolute Gasteiger partial charge is 0.478 e. The zero-order valence-corrected chi connectivity index (χ0v) is 9.25. The molecular weight excluding hydrogens is 240 g/mol. The van der Waals surface area contributed by atoms with Crippen LogP contribution in [-0.2, 0) is 16.1 Å². The molecule has 0 unspecified atom stereocenters. The van der Waals surface area contributed by atoms with Gasteiger partial charge in [-0.15, -0.1) is 0 Å². The number of hydrogen-bond donors (Lipinski definition) is 2. The van der Waals surface area contributed by atoms with Gasteiger partial charge in [-0.25, -0.2) is 14.4 Å². The summed E-state index contributed by atoms with van der Waals surface area (Å²) in [4.78, 5) is 32.8. The topological polar surface area (TPSA) is 101 Å². The smallest absolute Gasteiger partial charge is 0.336 e. The van der Waals surface area contributed by atoms with Gasteiger partial charge in [-0.2, -0.15) is 0 Å². The fourth-order valence-corrected chi connectivity index (χ4v) is 1.35. The van der Waals surface area contributed by atoms with Crippen molar-refractivity contribution in [1.29, 1.82) is 0 Å². The molecule has 94 valence electrons. The van der Waals surface area contributed by atoms with Crippen LogP contribution in [0.15, 0.2) is 30.9 Å². The van der Waals surface area contributed by atoms with Crippen LogP contribution in [0, 0.1) is 0 Å². The first-order chi connectivity index (χ1) is 8.47. The highest BCUT2D eigenvalue weighted by molar-refractivity contribution is 5.96. The Balaban J connectivity index is 3.18. The fraction of sp³-hybridized carbons (Fsp3) is 0.0833. The van der Waals surface area contributed by atoms with Gasteiger partial charge in [-0.3, -0.25) is 0 Å². The Morgan fingerprint density at radius 2 is 1.67 bits per heavy atom. The van der Waals surface area contributed by atoms with Crippen molar-refractivity contribution in [3.05, 3.63) is 47.5 Å². The number of carboxylic acid groups (broad SMARTS) is 2. The standard InChI is InChI=1S/C12H10O6/c1-2-10(13)18-6-9-7(11(14)15)4-3-5-8(9)12(16)17/h2-5H,1,6H2,(H,14,15)(H,16,17). The van der Waals surface area contributed by atoms with Gasteiger partial charge in [0.25, 0.3) is 0 Å². The Kier molecular flexibility index (Phi) is 4.20. The normalized spacial score (nSPS) is 9.56. The van der Waals surface area contributed by atoms with E-state index in [1.807, 2.05) is 0 Å². The number of hydrogen-bond acceptors (Lipinski definition) is 4. The van der Waals surface area contributed by atoms with E-state index in [1.54, 1.807) is 0 Å². The number of aromatic carboxylic acids is 2. The monoisotopic (exact) mass is 250 g/mol. The van der Waals surface area contributed by atoms with Crippen molar-refractivity contribution in [2.24, 2.45) is 0 Å². The Hall–Kier alpha value is -2.63. The van der Waals surface area contributed by atoms with E-state index in [0.29, 0.717) is 0 Å². The minimum Gasteiger partial charge on any atom is -0.478 e. The number of carbonyl (C=O) groups excluding carboxylic acids is 1. The van der Waals surface area contributed by atoms with Crippen LogP contribution in [0.2, 0.25) is 0 Å². The molecule has 0 atom stereocenters. The molecule has 0 fully saturated rings. The van der Waals surface area contributed by atoms with E-state index < -0.39 is 24.5 Å². The Labute approximate surface area is 102 Å². The van der Waals surface area contributed by atoms with Crippen LogP contribution in [0.25, 0.3) is 0 Å². The highest BCUT2D eigenvalue weighted by Gasteiger charge is 2.18. The summed E-state index contributed by atoms with van der Waals surface area (Å²) in [6.45, 7) is 2.75. The molecule has 6 heteroatoms. The lowest BCUT2D eigenvalue weighted by Crippen LogP contribution is -2.12. The summed E-state index contributed by atoms with van der Waals surface area (Å²) >= 11 is 0. The minimum atomic E-state index is -1.29. The Bertz CT molecular complexity index is 485. The molecule has 2 N–H and O–H groups in total. The molecule has 0 saturated heterocycles. The highest BCUT2D eigenvalue weighted by Crippen LogP contribution is 2.17. The maximum atomic E-state index is 11.0. The highest BCUT2D eigenvalue weighted by atomic mass is 16.5. The molecule has 0 radical (unpaired) electrons. The van der Waals surface area contributed by atoms with Crippen LogP contribution in [0.4, 0.5) is 0 Å². The number of esters is 1. The molecule has 0 saturated carbocycles. The Morgan fingerprint density at radius 3 is 2.06 bits per heavy atom. The van der Waals surface area contributed by atoms with E-state index in [4.69, 9.17) is 10.2 Å². The number of carboxylic acids is 2. The summed E-state index contributed by atoms with van der Waals surface area (Å²) in [5.74, 6) is -3.34. The van der Waals surface area contributed by atoms with Crippen LogP contribution in [0.3, 0.4) is 0 Å². The van der Waals surface area contributed by atoms with Crippen molar-refractivity contribution >= 4 is 17.9 Å². The van der Waals surface area contributed by atoms with E-state index in [1.165, 1.54) is 18.2 Å². The third-order valence-electron chi connectivity index (χ3n) is 2.16. The van der Waals surface area contributed by atoms with Crippen LogP contribution in [0.1, 0.15) is 26.3 Å². The van der Waals surface area contributed by atoms with Crippen LogP contribution in [0.5, 0.6) is 0 Å². The number of ether oxygens (including phenoxy) is 1. The second kappa shape index (κ2) is 5.62. The van der Waals surface area contributed by atoms with Gasteiger partial charge in [0.2, 0.25) is 0 Å². The first-order valence-corrected chi connectivity index (χ1v) is 4.85. The van der Waals surface area contributed by atoms with Crippen molar-refractivity contribution < 1.29 is 29.3 Å². The van der Waals surface area contributed by atoms with Gasteiger partial charge in [0.1, 0.15) is 6.61 Å². The van der Waals surface area contributed by atoms with Gasteiger partial charge < -0.3 is 14.9 Å². The second-order valence-corrected chi connectivity index (χ2v) is 3.25. The lowest BCUT2D eigenvalue weighted by molar-refractivity contribution is -0.139. The summed E-state index contributed by atoms with van der Waals surface area (Å²) in [7, 11) is 0. The van der Waals surface area contributed by atoms with Gasteiger partial charge in [-0.1, -0.05) is 12.6 Å². The van der Waals surface area contributed by atoms with Gasteiger partial charge in [0, 0.05) is 11.6 Å². The quantitative estimate of drug-likeness (QED) is 0.603. The first-order valence-electron chi connectivity index (χ1n) is 4.85. The average Bonchev–Trinajstić information content (AvgIpc) is 2.34. The van der Waals surface area contributed by atoms with Crippen molar-refractivity contribution in [1.82, 2.24) is 0 Å². The molecule has 1 aromatic rings. The molecule has 6 nitrogen and oxygen atoms in total. The van der Waals surface area contributed by atoms with Crippen LogP contribution in [-0.4, -0.2) is 28.1 Å². The summed E-state index contributed by atoms with van der Waals surface area (Å²) in [5.41, 5.74) is -0.494. The first kappa shape index (κ1) is 13.4. The van der Waals surface area contributed by atoms with Crippen molar-refractivity contribution in [2.75, 3.05) is 0 Å². The average molecular weight is 250 g/mol. The molecule has 0 amide bonds. The van der Waals surface area contributed by atoms with Gasteiger partial charge >= 0.3 is 17.9 Å². The maximum Gasteiger partial charge on any atom is 0.336 e. The van der Waals surface area contributed by atoms with E-state index in [0.717, 1.165) is 6.08 Å². The lowest BCUT2D eigenvalue weighted by atomic mass is 10.0. The van der Waals surface area contributed by atoms with E-state index in [2.05, 4.69) is 11.3 Å². The molecule has 1 aromatic carbocycles. The SMILES string of the molecule is C=CC(=O)OCc1c(C(=O)O)cccc1C(=O)O. The second-order valence-electron chi connectivity index (χ2n) is 3.25. The lowest BCUT2D eigenvalue weighted by Gasteiger charge is -2.09. The van der Waals surface area contributed by atoms with Gasteiger partial charge in [0.15, 0.2) is 0 Å². The van der Waals surface area contributed by atoms with Crippen molar-refractivity contribution in [3.63, 3.8) is 0 Å². The molecule has 0 aliphatic rings. The van der Waals surface area contributed by atoms with Crippen molar-refractivity contribution in [2.45, 2.75) is 6.61 Å². The molecule has 0 heterocycles. The third kappa shape index (κ3) is 2.94. The minimum absolute atomic E-state index is 0.0623. The number of carbonyl (C=O) groups is 3. The van der Waals surface area contributed by atoms with E-state index >= 15 is 0 Å². The fourth-order valence-electron chi connectivity index (χ4n) is 1.35. The summed E-state index contributed by atoms with van der Waals surface area (Å²) in [5, 5.41) is 17.9. The maximum absolute atomic E-state index is 11.0. The summed E-state index contributed by atoms with van der Waals surface area (Å²) in [6, 6.07) is 3.80. The zero-order chi connectivity index (χ0) is 13.7. The number of rotatable bonds is 5. The Morgan fingerprint density at radius 1 is 1.17 bits per heavy atom. The third-order valence-corrected chi connectivity index (χ3v) is 2.16.